The third-order valence-electron chi connectivity index (χ3n) is 6.35. The summed E-state index contributed by atoms with van der Waals surface area (Å²) in [5.41, 5.74) is 3.92. The Morgan fingerprint density at radius 2 is 1.62 bits per heavy atom. The SMILES string of the molecule is O=C(Nc1ccc(SCC(=O)N2CCc3ccccc32)cc1)/C(=C/c1cccc(Cl)c1)NC(=O)c1ccccc1. The van der Waals surface area contributed by atoms with E-state index < -0.39 is 11.8 Å². The highest BCUT2D eigenvalue weighted by Gasteiger charge is 2.24. The Kier molecular flexibility index (Phi) is 8.64. The third-order valence-corrected chi connectivity index (χ3v) is 7.58. The van der Waals surface area contributed by atoms with E-state index in [1.165, 1.54) is 17.3 Å². The molecule has 3 amide bonds. The first kappa shape index (κ1) is 27.2. The molecule has 1 heterocycles. The van der Waals surface area contributed by atoms with E-state index >= 15 is 0 Å². The molecule has 0 aromatic heterocycles. The van der Waals surface area contributed by atoms with Gasteiger partial charge in [-0.25, -0.2) is 0 Å². The van der Waals surface area contributed by atoms with Gasteiger partial charge in [0.25, 0.3) is 11.8 Å². The molecule has 1 aliphatic rings. The average Bonchev–Trinajstić information content (AvgIpc) is 3.41. The molecule has 1 aliphatic heterocycles. The normalized spacial score (nSPS) is 12.5. The number of amides is 3. The lowest BCUT2D eigenvalue weighted by molar-refractivity contribution is -0.116. The van der Waals surface area contributed by atoms with E-state index in [0.29, 0.717) is 34.1 Å². The van der Waals surface area contributed by atoms with Crippen molar-refractivity contribution < 1.29 is 14.4 Å². The first-order valence-electron chi connectivity index (χ1n) is 12.7. The molecule has 0 bridgehead atoms. The van der Waals surface area contributed by atoms with Gasteiger partial charge >= 0.3 is 0 Å². The zero-order chi connectivity index (χ0) is 27.9. The molecule has 0 unspecified atom stereocenters. The Hall–Kier alpha value is -4.33. The van der Waals surface area contributed by atoms with Gasteiger partial charge in [0.15, 0.2) is 0 Å². The highest BCUT2D eigenvalue weighted by atomic mass is 35.5. The van der Waals surface area contributed by atoms with Crippen molar-refractivity contribution in [1.29, 1.82) is 0 Å². The maximum absolute atomic E-state index is 13.2. The zero-order valence-electron chi connectivity index (χ0n) is 21.5. The van der Waals surface area contributed by atoms with Crippen LogP contribution in [-0.4, -0.2) is 30.0 Å². The Labute approximate surface area is 242 Å². The van der Waals surface area contributed by atoms with Crippen LogP contribution in [0.2, 0.25) is 5.02 Å². The minimum absolute atomic E-state index is 0.0669. The molecule has 0 atom stereocenters. The topological polar surface area (TPSA) is 78.5 Å². The number of fused-ring (bicyclic) bond motifs is 1. The third kappa shape index (κ3) is 6.81. The van der Waals surface area contributed by atoms with Crippen LogP contribution in [0.5, 0.6) is 0 Å². The van der Waals surface area contributed by atoms with Crippen molar-refractivity contribution in [3.63, 3.8) is 0 Å². The Morgan fingerprint density at radius 1 is 0.875 bits per heavy atom. The summed E-state index contributed by atoms with van der Waals surface area (Å²) in [5, 5.41) is 6.08. The van der Waals surface area contributed by atoms with Crippen LogP contribution < -0.4 is 15.5 Å². The molecule has 0 saturated heterocycles. The molecule has 2 N–H and O–H groups in total. The second-order valence-electron chi connectivity index (χ2n) is 9.12. The fourth-order valence-corrected chi connectivity index (χ4v) is 5.33. The molecular weight excluding hydrogens is 542 g/mol. The van der Waals surface area contributed by atoms with Gasteiger partial charge in [-0.2, -0.15) is 0 Å². The molecule has 0 spiro atoms. The van der Waals surface area contributed by atoms with Crippen LogP contribution in [0.15, 0.2) is 114 Å². The van der Waals surface area contributed by atoms with Crippen LogP contribution in [-0.2, 0) is 16.0 Å². The van der Waals surface area contributed by atoms with Gasteiger partial charge in [-0.05, 0) is 78.2 Å². The van der Waals surface area contributed by atoms with Gasteiger partial charge in [0.1, 0.15) is 5.70 Å². The predicted octanol–water partition coefficient (Wildman–Crippen LogP) is 6.43. The molecular formula is C32H26ClN3O3S. The number of rotatable bonds is 8. The van der Waals surface area contributed by atoms with Gasteiger partial charge in [-0.3, -0.25) is 14.4 Å². The highest BCUT2D eigenvalue weighted by Crippen LogP contribution is 2.29. The maximum atomic E-state index is 13.2. The summed E-state index contributed by atoms with van der Waals surface area (Å²) < 4.78 is 0. The van der Waals surface area contributed by atoms with Gasteiger partial charge in [0.2, 0.25) is 5.91 Å². The number of anilines is 2. The van der Waals surface area contributed by atoms with Gasteiger partial charge in [0, 0.05) is 33.4 Å². The fourth-order valence-electron chi connectivity index (χ4n) is 4.36. The van der Waals surface area contributed by atoms with Gasteiger partial charge in [-0.1, -0.05) is 60.1 Å². The molecule has 4 aromatic carbocycles. The lowest BCUT2D eigenvalue weighted by Gasteiger charge is -2.17. The van der Waals surface area contributed by atoms with Crippen LogP contribution in [0.1, 0.15) is 21.5 Å². The van der Waals surface area contributed by atoms with E-state index in [0.717, 1.165) is 17.0 Å². The van der Waals surface area contributed by atoms with E-state index in [1.54, 1.807) is 66.7 Å². The summed E-state index contributed by atoms with van der Waals surface area (Å²) in [7, 11) is 0. The molecule has 6 nitrogen and oxygen atoms in total. The number of nitrogens with zero attached hydrogens (tertiary/aromatic N) is 1. The summed E-state index contributed by atoms with van der Waals surface area (Å²) in [6.07, 6.45) is 2.45. The molecule has 0 aliphatic carbocycles. The van der Waals surface area contributed by atoms with Crippen LogP contribution in [0, 0.1) is 0 Å². The smallest absolute Gasteiger partial charge is 0.272 e. The summed E-state index contributed by atoms with van der Waals surface area (Å²) in [6.45, 7) is 0.704. The number of benzene rings is 4. The minimum atomic E-state index is -0.479. The van der Waals surface area contributed by atoms with E-state index in [-0.39, 0.29) is 11.6 Å². The molecule has 0 fully saturated rings. The number of halogens is 1. The number of nitrogens with one attached hydrogen (secondary N) is 2. The van der Waals surface area contributed by atoms with Crippen molar-refractivity contribution in [2.24, 2.45) is 0 Å². The molecule has 8 heteroatoms. The molecule has 0 saturated carbocycles. The quantitative estimate of drug-likeness (QED) is 0.190. The van der Waals surface area contributed by atoms with Gasteiger partial charge in [-0.15, -0.1) is 11.8 Å². The molecule has 200 valence electrons. The standard InChI is InChI=1S/C32H26ClN3O3S/c33-25-11-6-7-22(19-25)20-28(35-31(38)24-9-2-1-3-10-24)32(39)34-26-13-15-27(16-14-26)40-21-30(37)36-18-17-23-8-4-5-12-29(23)36/h1-16,19-20H,17-18,21H2,(H,34,39)(H,35,38)/b28-20-. The van der Waals surface area contributed by atoms with Crippen molar-refractivity contribution in [2.45, 2.75) is 11.3 Å². The van der Waals surface area contributed by atoms with Crippen LogP contribution in [0.25, 0.3) is 6.08 Å². The number of hydrogen-bond donors (Lipinski definition) is 2. The first-order valence-corrected chi connectivity index (χ1v) is 14.1. The maximum Gasteiger partial charge on any atom is 0.272 e. The summed E-state index contributed by atoms with van der Waals surface area (Å²) in [6, 6.07) is 30.9. The Bertz CT molecular complexity index is 1570. The lowest BCUT2D eigenvalue weighted by atomic mass is 10.1. The average molecular weight is 568 g/mol. The van der Waals surface area contributed by atoms with E-state index in [4.69, 9.17) is 11.6 Å². The van der Waals surface area contributed by atoms with E-state index in [9.17, 15) is 14.4 Å². The number of carbonyl (C=O) groups excluding carboxylic acids is 3. The Balaban J connectivity index is 1.24. The molecule has 5 rings (SSSR count). The van der Waals surface area contributed by atoms with Crippen molar-refractivity contribution in [2.75, 3.05) is 22.5 Å². The lowest BCUT2D eigenvalue weighted by Crippen LogP contribution is -2.30. The molecule has 40 heavy (non-hydrogen) atoms. The summed E-state index contributed by atoms with van der Waals surface area (Å²) >= 11 is 7.56. The van der Waals surface area contributed by atoms with Crippen molar-refractivity contribution in [3.05, 3.63) is 131 Å². The van der Waals surface area contributed by atoms with Crippen molar-refractivity contribution >= 4 is 58.5 Å². The van der Waals surface area contributed by atoms with Gasteiger partial charge in [0.05, 0.1) is 5.75 Å². The largest absolute Gasteiger partial charge is 0.321 e. The second-order valence-corrected chi connectivity index (χ2v) is 10.6. The van der Waals surface area contributed by atoms with Crippen LogP contribution in [0.4, 0.5) is 11.4 Å². The highest BCUT2D eigenvalue weighted by molar-refractivity contribution is 8.00. The monoisotopic (exact) mass is 567 g/mol. The minimum Gasteiger partial charge on any atom is -0.321 e. The van der Waals surface area contributed by atoms with E-state index in [2.05, 4.69) is 16.7 Å². The number of thioether (sulfide) groups is 1. The number of carbonyl (C=O) groups is 3. The van der Waals surface area contributed by atoms with Crippen molar-refractivity contribution in [1.82, 2.24) is 5.32 Å². The number of hydrogen-bond acceptors (Lipinski definition) is 4. The number of para-hydroxylation sites is 1. The van der Waals surface area contributed by atoms with Crippen molar-refractivity contribution in [3.8, 4) is 0 Å². The van der Waals surface area contributed by atoms with Crippen LogP contribution in [0.3, 0.4) is 0 Å². The Morgan fingerprint density at radius 3 is 2.40 bits per heavy atom. The molecule has 0 radical (unpaired) electrons. The fraction of sp³-hybridized carbons (Fsp3) is 0.0938. The zero-order valence-corrected chi connectivity index (χ0v) is 23.0. The van der Waals surface area contributed by atoms with E-state index in [1.807, 2.05) is 41.3 Å². The predicted molar refractivity (Wildman–Crippen MR) is 162 cm³/mol. The molecule has 4 aromatic rings. The summed E-state index contributed by atoms with van der Waals surface area (Å²) in [5.74, 6) is -0.496. The first-order chi connectivity index (χ1) is 19.5. The van der Waals surface area contributed by atoms with Crippen LogP contribution >= 0.6 is 23.4 Å². The van der Waals surface area contributed by atoms with Gasteiger partial charge < -0.3 is 15.5 Å². The second kappa shape index (κ2) is 12.7. The summed E-state index contributed by atoms with van der Waals surface area (Å²) in [4.78, 5) is 41.6.